The van der Waals surface area contributed by atoms with Crippen LogP contribution in [0.4, 0.5) is 0 Å². The summed E-state index contributed by atoms with van der Waals surface area (Å²) < 4.78 is 20.8. The summed E-state index contributed by atoms with van der Waals surface area (Å²) in [7, 11) is -2.87. The molecule has 22 heavy (non-hydrogen) atoms. The fourth-order valence-electron chi connectivity index (χ4n) is 1.64. The van der Waals surface area contributed by atoms with Crippen molar-refractivity contribution in [1.82, 2.24) is 0 Å². The molecule has 0 aliphatic carbocycles. The first kappa shape index (κ1) is 15.9. The maximum atomic E-state index is 11.7. The topological polar surface area (TPSA) is 69.7 Å². The first-order valence-corrected chi connectivity index (χ1v) is 7.60. The van der Waals surface area contributed by atoms with Crippen LogP contribution in [0.5, 0.6) is 0 Å². The molecular formula is C16H14O5P+. The highest BCUT2D eigenvalue weighted by Gasteiger charge is 2.32. The molecule has 0 heterocycles. The van der Waals surface area contributed by atoms with Gasteiger partial charge >= 0.3 is 20.2 Å². The minimum absolute atomic E-state index is 0.236. The maximum Gasteiger partial charge on any atom is 0.812 e. The van der Waals surface area contributed by atoms with Crippen molar-refractivity contribution >= 4 is 20.2 Å². The lowest BCUT2D eigenvalue weighted by Crippen LogP contribution is -2.04. The van der Waals surface area contributed by atoms with Gasteiger partial charge in [-0.3, -0.25) is 0 Å². The van der Waals surface area contributed by atoms with E-state index in [9.17, 15) is 14.2 Å². The summed E-state index contributed by atoms with van der Waals surface area (Å²) >= 11 is 0. The molecule has 0 fully saturated rings. The highest BCUT2D eigenvalue weighted by molar-refractivity contribution is 7.34. The van der Waals surface area contributed by atoms with E-state index in [0.29, 0.717) is 0 Å². The third-order valence-corrected chi connectivity index (χ3v) is 3.52. The Balaban J connectivity index is 1.95. The third kappa shape index (κ3) is 4.24. The molecule has 2 aromatic rings. The van der Waals surface area contributed by atoms with Crippen LogP contribution < -0.4 is 0 Å². The molecule has 2 rings (SSSR count). The number of rotatable bonds is 4. The average Bonchev–Trinajstić information content (AvgIpc) is 2.48. The Morgan fingerprint density at radius 1 is 0.727 bits per heavy atom. The molecule has 0 unspecified atom stereocenters. The minimum Gasteiger partial charge on any atom is -0.241 e. The van der Waals surface area contributed by atoms with Gasteiger partial charge in [-0.25, -0.2) is 9.59 Å². The van der Waals surface area contributed by atoms with Crippen LogP contribution in [-0.4, -0.2) is 11.9 Å². The van der Waals surface area contributed by atoms with E-state index in [1.807, 2.05) is 13.8 Å². The second-order valence-electron chi connectivity index (χ2n) is 4.71. The van der Waals surface area contributed by atoms with Crippen molar-refractivity contribution in [2.45, 2.75) is 13.8 Å². The van der Waals surface area contributed by atoms with Gasteiger partial charge in [0.1, 0.15) is 0 Å². The van der Waals surface area contributed by atoms with Gasteiger partial charge in [0.15, 0.2) is 0 Å². The summed E-state index contributed by atoms with van der Waals surface area (Å²) in [6, 6.07) is 13.1. The van der Waals surface area contributed by atoms with E-state index in [-0.39, 0.29) is 11.1 Å². The highest BCUT2D eigenvalue weighted by atomic mass is 31.1. The van der Waals surface area contributed by atoms with E-state index in [1.165, 1.54) is 0 Å². The first-order valence-electron chi connectivity index (χ1n) is 6.51. The predicted molar refractivity (Wildman–Crippen MR) is 80.8 cm³/mol. The zero-order chi connectivity index (χ0) is 16.1. The summed E-state index contributed by atoms with van der Waals surface area (Å²) in [4.78, 5) is 23.5. The number of carbonyl (C=O) groups is 2. The number of aryl methyl sites for hydroxylation is 2. The van der Waals surface area contributed by atoms with Crippen molar-refractivity contribution < 1.29 is 23.2 Å². The molecular weight excluding hydrogens is 303 g/mol. The Morgan fingerprint density at radius 2 is 1.05 bits per heavy atom. The van der Waals surface area contributed by atoms with Crippen LogP contribution in [-0.2, 0) is 13.6 Å². The largest absolute Gasteiger partial charge is 0.812 e. The van der Waals surface area contributed by atoms with E-state index in [1.54, 1.807) is 48.5 Å². The second-order valence-corrected chi connectivity index (χ2v) is 5.53. The zero-order valence-corrected chi connectivity index (χ0v) is 13.0. The van der Waals surface area contributed by atoms with Gasteiger partial charge in [-0.1, -0.05) is 35.4 Å². The van der Waals surface area contributed by atoms with E-state index >= 15 is 0 Å². The van der Waals surface area contributed by atoms with Gasteiger partial charge in [0, 0.05) is 4.57 Å². The van der Waals surface area contributed by atoms with E-state index < -0.39 is 20.2 Å². The lowest BCUT2D eigenvalue weighted by atomic mass is 10.2. The van der Waals surface area contributed by atoms with Crippen LogP contribution in [0, 0.1) is 13.8 Å². The molecule has 0 spiro atoms. The van der Waals surface area contributed by atoms with E-state index in [4.69, 9.17) is 0 Å². The van der Waals surface area contributed by atoms with Gasteiger partial charge in [-0.2, -0.15) is 9.05 Å². The van der Waals surface area contributed by atoms with Crippen LogP contribution in [0.25, 0.3) is 0 Å². The molecule has 0 saturated heterocycles. The maximum absolute atomic E-state index is 11.7. The summed E-state index contributed by atoms with van der Waals surface area (Å²) in [5.74, 6) is -1.62. The first-order chi connectivity index (χ1) is 10.5. The molecule has 0 atom stereocenters. The molecule has 0 amide bonds. The van der Waals surface area contributed by atoms with Crippen molar-refractivity contribution in [3.63, 3.8) is 0 Å². The van der Waals surface area contributed by atoms with Crippen LogP contribution in [0.15, 0.2) is 48.5 Å². The van der Waals surface area contributed by atoms with Crippen LogP contribution in [0.2, 0.25) is 0 Å². The van der Waals surface area contributed by atoms with Gasteiger partial charge in [0.05, 0.1) is 11.1 Å². The summed E-state index contributed by atoms with van der Waals surface area (Å²) in [5, 5.41) is 0. The minimum atomic E-state index is -2.87. The van der Waals surface area contributed by atoms with Crippen molar-refractivity contribution in [2.75, 3.05) is 0 Å². The molecule has 0 aliphatic heterocycles. The fraction of sp³-hybridized carbons (Fsp3) is 0.125. The molecule has 5 nitrogen and oxygen atoms in total. The lowest BCUT2D eigenvalue weighted by Gasteiger charge is -1.96. The highest BCUT2D eigenvalue weighted by Crippen LogP contribution is 2.27. The van der Waals surface area contributed by atoms with Crippen LogP contribution in [0.3, 0.4) is 0 Å². The normalized spacial score (nSPS) is 9.91. The van der Waals surface area contributed by atoms with Gasteiger partial charge in [-0.05, 0) is 38.1 Å². The van der Waals surface area contributed by atoms with Gasteiger partial charge in [-0.15, -0.1) is 0 Å². The monoisotopic (exact) mass is 317 g/mol. The van der Waals surface area contributed by atoms with E-state index in [0.717, 1.165) is 11.1 Å². The van der Waals surface area contributed by atoms with Crippen LogP contribution >= 0.6 is 8.25 Å². The van der Waals surface area contributed by atoms with Gasteiger partial charge < -0.3 is 0 Å². The van der Waals surface area contributed by atoms with Crippen molar-refractivity contribution in [3.8, 4) is 0 Å². The predicted octanol–water partition coefficient (Wildman–Crippen LogP) is 3.97. The van der Waals surface area contributed by atoms with Crippen molar-refractivity contribution in [2.24, 2.45) is 0 Å². The number of carbonyl (C=O) groups excluding carboxylic acids is 2. The smallest absolute Gasteiger partial charge is 0.241 e. The van der Waals surface area contributed by atoms with E-state index in [2.05, 4.69) is 9.05 Å². The second kappa shape index (κ2) is 6.96. The summed E-state index contributed by atoms with van der Waals surface area (Å²) in [6.45, 7) is 3.75. The molecule has 0 bridgehead atoms. The standard InChI is InChI=1S/C16H14O5P/c1-11-3-7-13(8-4-11)15(17)20-22(19)21-16(18)14-9-5-12(2)6-10-14/h3-10H,1-2H3/q+1. The Labute approximate surface area is 128 Å². The molecule has 0 N–H and O–H groups in total. The number of benzene rings is 2. The molecule has 2 aromatic carbocycles. The molecule has 0 aliphatic rings. The van der Waals surface area contributed by atoms with Crippen molar-refractivity contribution in [3.05, 3.63) is 70.8 Å². The van der Waals surface area contributed by atoms with Gasteiger partial charge in [0.2, 0.25) is 0 Å². The average molecular weight is 317 g/mol. The SMILES string of the molecule is Cc1ccc(C(=O)O[P+](=O)OC(=O)c2ccc(C)cc2)cc1. The Bertz CT molecular complexity index is 643. The third-order valence-electron chi connectivity index (χ3n) is 2.89. The Hall–Kier alpha value is -2.52. The molecule has 112 valence electrons. The molecule has 0 radical (unpaired) electrons. The molecule has 0 aromatic heterocycles. The number of hydrogen-bond donors (Lipinski definition) is 0. The quantitative estimate of drug-likeness (QED) is 0.798. The lowest BCUT2D eigenvalue weighted by molar-refractivity contribution is 0.0653. The summed E-state index contributed by atoms with van der Waals surface area (Å²) in [5.41, 5.74) is 2.43. The summed E-state index contributed by atoms with van der Waals surface area (Å²) in [6.07, 6.45) is 0. The van der Waals surface area contributed by atoms with Crippen LogP contribution in [0.1, 0.15) is 31.8 Å². The molecule has 6 heteroatoms. The number of hydrogen-bond acceptors (Lipinski definition) is 5. The zero-order valence-electron chi connectivity index (χ0n) is 12.1. The Morgan fingerprint density at radius 3 is 1.36 bits per heavy atom. The fourth-order valence-corrected chi connectivity index (χ4v) is 2.16. The molecule has 0 saturated carbocycles. The Kier molecular flexibility index (Phi) is 5.02. The van der Waals surface area contributed by atoms with Crippen molar-refractivity contribution in [1.29, 1.82) is 0 Å². The van der Waals surface area contributed by atoms with Gasteiger partial charge in [0.25, 0.3) is 0 Å².